The zero-order valence-corrected chi connectivity index (χ0v) is 16.0. The number of allylic oxidation sites excluding steroid dienone is 1. The first-order chi connectivity index (χ1) is 13.5. The van der Waals surface area contributed by atoms with E-state index in [2.05, 4.69) is 15.6 Å². The molecule has 1 aromatic heterocycles. The molecule has 0 saturated heterocycles. The summed E-state index contributed by atoms with van der Waals surface area (Å²) >= 11 is 0.351. The molecule has 0 aliphatic rings. The van der Waals surface area contributed by atoms with E-state index in [1.165, 1.54) is 17.9 Å². The summed E-state index contributed by atoms with van der Waals surface area (Å²) < 4.78 is 71.6. The van der Waals surface area contributed by atoms with Gasteiger partial charge in [-0.05, 0) is 31.0 Å². The second kappa shape index (κ2) is 9.13. The molecule has 2 rings (SSSR count). The van der Waals surface area contributed by atoms with Crippen LogP contribution in [0.5, 0.6) is 11.6 Å². The van der Waals surface area contributed by atoms with Gasteiger partial charge in [0.2, 0.25) is 5.88 Å². The molecule has 0 atom stereocenters. The molecule has 1 heterocycles. The van der Waals surface area contributed by atoms with Crippen molar-refractivity contribution in [1.29, 1.82) is 0 Å². The van der Waals surface area contributed by atoms with Gasteiger partial charge in [-0.15, -0.1) is 0 Å². The molecule has 29 heavy (non-hydrogen) atoms. The molecule has 0 aliphatic carbocycles. The lowest BCUT2D eigenvalue weighted by Gasteiger charge is -2.11. The van der Waals surface area contributed by atoms with Crippen LogP contribution in [0.4, 0.5) is 22.0 Å². The number of halogens is 5. The van der Waals surface area contributed by atoms with E-state index in [0.29, 0.717) is 29.3 Å². The van der Waals surface area contributed by atoms with Crippen molar-refractivity contribution in [2.75, 3.05) is 6.54 Å². The average Bonchev–Trinajstić information content (AvgIpc) is 2.89. The van der Waals surface area contributed by atoms with Gasteiger partial charge in [0.1, 0.15) is 11.5 Å². The zero-order valence-electron chi connectivity index (χ0n) is 15.2. The van der Waals surface area contributed by atoms with E-state index in [1.807, 2.05) is 0 Å². The number of alkyl halides is 3. The number of nitrogens with one attached hydrogen (secondary N) is 1. The van der Waals surface area contributed by atoms with Crippen molar-refractivity contribution in [3.8, 4) is 11.6 Å². The lowest BCUT2D eigenvalue weighted by molar-refractivity contribution is -0.0930. The van der Waals surface area contributed by atoms with E-state index in [1.54, 1.807) is 6.92 Å². The Kier molecular flexibility index (Phi) is 7.08. The van der Waals surface area contributed by atoms with Gasteiger partial charge in [-0.2, -0.15) is 23.4 Å². The summed E-state index contributed by atoms with van der Waals surface area (Å²) in [5.41, 5.74) is 6.89. The van der Waals surface area contributed by atoms with E-state index in [-0.39, 0.29) is 23.1 Å². The van der Waals surface area contributed by atoms with Crippen molar-refractivity contribution < 1.29 is 26.7 Å². The summed E-state index contributed by atoms with van der Waals surface area (Å²) in [7, 11) is 1.53. The number of aromatic nitrogens is 2. The molecule has 0 amide bonds. The highest BCUT2D eigenvalue weighted by molar-refractivity contribution is 8.01. The van der Waals surface area contributed by atoms with Crippen molar-refractivity contribution in [2.24, 2.45) is 23.0 Å². The fourth-order valence-electron chi connectivity index (χ4n) is 2.17. The Morgan fingerprint density at radius 2 is 2.07 bits per heavy atom. The van der Waals surface area contributed by atoms with Gasteiger partial charge >= 0.3 is 6.18 Å². The van der Waals surface area contributed by atoms with Crippen LogP contribution in [-0.4, -0.2) is 28.7 Å². The van der Waals surface area contributed by atoms with Crippen LogP contribution < -0.4 is 21.0 Å². The number of hydrogen-bond acceptors (Lipinski definition) is 7. The molecule has 0 spiro atoms. The highest BCUT2D eigenvalue weighted by Gasteiger charge is 2.34. The van der Waals surface area contributed by atoms with Gasteiger partial charge in [0.15, 0.2) is 11.6 Å². The largest absolute Gasteiger partial charge is 0.435 e. The summed E-state index contributed by atoms with van der Waals surface area (Å²) in [6, 6.07) is 2.80. The Bertz CT molecular complexity index is 941. The van der Waals surface area contributed by atoms with Crippen molar-refractivity contribution >= 4 is 18.2 Å². The maximum atomic E-state index is 13.8. The van der Waals surface area contributed by atoms with Gasteiger partial charge in [0.05, 0.1) is 24.0 Å². The molecule has 0 unspecified atom stereocenters. The van der Waals surface area contributed by atoms with Crippen molar-refractivity contribution in [2.45, 2.75) is 13.1 Å². The van der Waals surface area contributed by atoms with Crippen LogP contribution in [0.1, 0.15) is 11.3 Å². The number of rotatable bonds is 7. The first-order valence-electron chi connectivity index (χ1n) is 7.89. The minimum absolute atomic E-state index is 0.0947. The SMILES string of the molecule is Cc1nn(C)c(Oc2ccc(F)cc2F)c1/C=N/NC/C(SN)=C(/N)C(F)(F)F. The van der Waals surface area contributed by atoms with Gasteiger partial charge in [-0.1, -0.05) is 0 Å². The Balaban J connectivity index is 2.19. The number of aryl methyl sites for hydroxylation is 2. The third-order valence-corrected chi connectivity index (χ3v) is 4.24. The first kappa shape index (κ1) is 22.5. The molecule has 5 N–H and O–H groups in total. The van der Waals surface area contributed by atoms with Crippen molar-refractivity contribution in [3.63, 3.8) is 0 Å². The van der Waals surface area contributed by atoms with E-state index in [9.17, 15) is 22.0 Å². The standard InChI is InChI=1S/C16H17F5N6OS/c1-8-10(6-24-25-7-13(29-23)14(22)16(19,20)21)15(27(2)26-8)28-12-4-3-9(17)5-11(12)18/h3-6,25H,7,22-23H2,1-2H3/b14-13-,24-6+. The first-order valence-corrected chi connectivity index (χ1v) is 8.77. The average molecular weight is 436 g/mol. The summed E-state index contributed by atoms with van der Waals surface area (Å²) in [4.78, 5) is -0.345. The summed E-state index contributed by atoms with van der Waals surface area (Å²) in [6.07, 6.45) is -3.48. The maximum Gasteiger partial charge on any atom is 0.431 e. The van der Waals surface area contributed by atoms with E-state index >= 15 is 0 Å². The smallest absolute Gasteiger partial charge is 0.431 e. The molecule has 0 aliphatic heterocycles. The zero-order chi connectivity index (χ0) is 21.8. The number of ether oxygens (including phenoxy) is 1. The molecule has 0 bridgehead atoms. The monoisotopic (exact) mass is 436 g/mol. The van der Waals surface area contributed by atoms with Crippen LogP contribution in [0.25, 0.3) is 0 Å². The van der Waals surface area contributed by atoms with Crippen LogP contribution in [0.2, 0.25) is 0 Å². The second-order valence-corrected chi connectivity index (χ2v) is 6.38. The number of benzene rings is 1. The van der Waals surface area contributed by atoms with Crippen molar-refractivity contribution in [3.05, 3.63) is 51.7 Å². The fourth-order valence-corrected chi connectivity index (χ4v) is 2.56. The predicted molar refractivity (Wildman–Crippen MR) is 99.0 cm³/mol. The number of hydrogen-bond donors (Lipinski definition) is 3. The molecule has 7 nitrogen and oxygen atoms in total. The number of nitrogens with two attached hydrogens (primary N) is 2. The van der Waals surface area contributed by atoms with Gasteiger partial charge in [-0.3, -0.25) is 5.14 Å². The minimum Gasteiger partial charge on any atom is -0.435 e. The molecule has 158 valence electrons. The van der Waals surface area contributed by atoms with Crippen LogP contribution >= 0.6 is 11.9 Å². The molecule has 1 aromatic carbocycles. The lowest BCUT2D eigenvalue weighted by atomic mass is 10.2. The van der Waals surface area contributed by atoms with E-state index < -0.39 is 23.5 Å². The van der Waals surface area contributed by atoms with Gasteiger partial charge in [-0.25, -0.2) is 13.5 Å². The van der Waals surface area contributed by atoms with Gasteiger partial charge < -0.3 is 15.9 Å². The third-order valence-electron chi connectivity index (χ3n) is 3.59. The normalized spacial score (nSPS) is 13.0. The number of nitrogens with zero attached hydrogens (tertiary/aromatic N) is 3. The molecular formula is C16H17F5N6OS. The minimum atomic E-state index is -4.72. The second-order valence-electron chi connectivity index (χ2n) is 5.65. The maximum absolute atomic E-state index is 13.8. The molecule has 13 heteroatoms. The molecule has 0 radical (unpaired) electrons. The molecule has 0 saturated carbocycles. The predicted octanol–water partition coefficient (Wildman–Crippen LogP) is 3.06. The molecule has 2 aromatic rings. The topological polar surface area (TPSA) is 103 Å². The van der Waals surface area contributed by atoms with E-state index in [4.69, 9.17) is 15.6 Å². The van der Waals surface area contributed by atoms with E-state index in [0.717, 1.165) is 12.1 Å². The van der Waals surface area contributed by atoms with Crippen LogP contribution in [-0.2, 0) is 7.05 Å². The summed E-state index contributed by atoms with van der Waals surface area (Å²) in [6.45, 7) is 1.25. The highest BCUT2D eigenvalue weighted by atomic mass is 32.2. The lowest BCUT2D eigenvalue weighted by Crippen LogP contribution is -2.25. The van der Waals surface area contributed by atoms with Crippen LogP contribution in [0, 0.1) is 18.6 Å². The summed E-state index contributed by atoms with van der Waals surface area (Å²) in [5.74, 6) is -1.82. The fraction of sp³-hybridized carbons (Fsp3) is 0.250. The third kappa shape index (κ3) is 5.60. The highest BCUT2D eigenvalue weighted by Crippen LogP contribution is 2.29. The molecule has 0 fully saturated rings. The Hall–Kier alpha value is -2.80. The summed E-state index contributed by atoms with van der Waals surface area (Å²) in [5, 5.41) is 13.2. The molecular weight excluding hydrogens is 419 g/mol. The Morgan fingerprint density at radius 1 is 1.38 bits per heavy atom. The quantitative estimate of drug-likeness (QED) is 0.267. The van der Waals surface area contributed by atoms with Gasteiger partial charge in [0.25, 0.3) is 0 Å². The van der Waals surface area contributed by atoms with Crippen LogP contribution in [0.15, 0.2) is 33.9 Å². The van der Waals surface area contributed by atoms with Crippen LogP contribution in [0.3, 0.4) is 0 Å². The Morgan fingerprint density at radius 3 is 2.66 bits per heavy atom. The van der Waals surface area contributed by atoms with Crippen molar-refractivity contribution in [1.82, 2.24) is 15.2 Å². The Labute approximate surface area is 166 Å². The number of hydrazone groups is 1. The van der Waals surface area contributed by atoms with Gasteiger partial charge in [0, 0.05) is 18.0 Å².